The highest BCUT2D eigenvalue weighted by Crippen LogP contribution is 2.24. The van der Waals surface area contributed by atoms with Gasteiger partial charge in [-0.2, -0.15) is 0 Å². The van der Waals surface area contributed by atoms with Gasteiger partial charge in [-0.15, -0.1) is 24.8 Å². The van der Waals surface area contributed by atoms with Crippen LogP contribution in [0.2, 0.25) is 0 Å². The highest BCUT2D eigenvalue weighted by atomic mass is 35.5. The molecule has 0 aliphatic carbocycles. The summed E-state index contributed by atoms with van der Waals surface area (Å²) in [6, 6.07) is 10.2. The molecule has 0 radical (unpaired) electrons. The number of hydrogen-bond acceptors (Lipinski definition) is 4. The van der Waals surface area contributed by atoms with E-state index in [9.17, 15) is 4.79 Å². The first-order chi connectivity index (χ1) is 11.6. The third-order valence-corrected chi connectivity index (χ3v) is 4.57. The number of piperidine rings is 1. The van der Waals surface area contributed by atoms with Gasteiger partial charge in [-0.3, -0.25) is 4.79 Å². The van der Waals surface area contributed by atoms with E-state index in [0.29, 0.717) is 24.7 Å². The fraction of sp³-hybridized carbons (Fsp3) is 0.474. The van der Waals surface area contributed by atoms with Crippen LogP contribution in [0.3, 0.4) is 0 Å². The lowest BCUT2D eigenvalue weighted by Crippen LogP contribution is -2.48. The van der Waals surface area contributed by atoms with E-state index in [0.717, 1.165) is 36.5 Å². The first kappa shape index (κ1) is 22.5. The number of halogens is 2. The van der Waals surface area contributed by atoms with Crippen LogP contribution in [-0.2, 0) is 11.2 Å². The molecule has 0 spiro atoms. The minimum atomic E-state index is 0. The van der Waals surface area contributed by atoms with Crippen LogP contribution >= 0.6 is 24.8 Å². The zero-order valence-corrected chi connectivity index (χ0v) is 16.8. The molecule has 2 aromatic rings. The third-order valence-electron chi connectivity index (χ3n) is 4.57. The smallest absolute Gasteiger partial charge is 0.220 e. The number of benzene rings is 1. The molecule has 1 aromatic heterocycles. The Balaban J connectivity index is 0.00000169. The fourth-order valence-corrected chi connectivity index (χ4v) is 3.14. The third kappa shape index (κ3) is 5.73. The SMILES string of the molecule is Cc1nc(CCC(=O)NC2CCNCC2C)oc1-c1ccccc1.Cl.Cl. The maximum absolute atomic E-state index is 12.2. The Kier molecular flexibility index (Phi) is 9.13. The minimum absolute atomic E-state index is 0. The van der Waals surface area contributed by atoms with Crippen molar-refractivity contribution in [2.24, 2.45) is 5.92 Å². The van der Waals surface area contributed by atoms with E-state index in [1.54, 1.807) is 0 Å². The number of nitrogens with zero attached hydrogens (tertiary/aromatic N) is 1. The number of aromatic nitrogens is 1. The second kappa shape index (κ2) is 10.6. The Morgan fingerprint density at radius 2 is 2.04 bits per heavy atom. The molecule has 144 valence electrons. The molecule has 2 atom stereocenters. The first-order valence-corrected chi connectivity index (χ1v) is 8.65. The number of hydrogen-bond donors (Lipinski definition) is 2. The van der Waals surface area contributed by atoms with Gasteiger partial charge < -0.3 is 15.1 Å². The average molecular weight is 400 g/mol. The molecule has 5 nitrogen and oxygen atoms in total. The van der Waals surface area contributed by atoms with Crippen LogP contribution in [0.5, 0.6) is 0 Å². The summed E-state index contributed by atoms with van der Waals surface area (Å²) in [7, 11) is 0. The molecule has 1 aliphatic heterocycles. The van der Waals surface area contributed by atoms with Crippen LogP contribution in [0.4, 0.5) is 0 Å². The number of aryl methyl sites for hydroxylation is 2. The highest BCUT2D eigenvalue weighted by Gasteiger charge is 2.22. The molecule has 0 saturated carbocycles. The van der Waals surface area contributed by atoms with E-state index in [2.05, 4.69) is 22.5 Å². The van der Waals surface area contributed by atoms with Crippen molar-refractivity contribution in [3.63, 3.8) is 0 Å². The number of carbonyl (C=O) groups is 1. The predicted molar refractivity (Wildman–Crippen MR) is 108 cm³/mol. The number of oxazole rings is 1. The standard InChI is InChI=1S/C19H25N3O2.2ClH/c1-13-12-20-11-10-16(13)22-17(23)8-9-18-21-14(2)19(24-18)15-6-4-3-5-7-15;;/h3-7,13,16,20H,8-12H2,1-2H3,(H,22,23);2*1H. The van der Waals surface area contributed by atoms with Gasteiger partial charge >= 0.3 is 0 Å². The van der Waals surface area contributed by atoms with E-state index in [1.165, 1.54) is 0 Å². The van der Waals surface area contributed by atoms with Crippen LogP contribution in [0.25, 0.3) is 11.3 Å². The summed E-state index contributed by atoms with van der Waals surface area (Å²) in [5.41, 5.74) is 1.88. The molecule has 1 aromatic carbocycles. The summed E-state index contributed by atoms with van der Waals surface area (Å²) in [4.78, 5) is 16.7. The van der Waals surface area contributed by atoms with E-state index >= 15 is 0 Å². The molecule has 0 bridgehead atoms. The number of amides is 1. The fourth-order valence-electron chi connectivity index (χ4n) is 3.14. The van der Waals surface area contributed by atoms with Crippen molar-refractivity contribution in [2.45, 2.75) is 39.2 Å². The summed E-state index contributed by atoms with van der Waals surface area (Å²) in [5.74, 6) is 1.96. The van der Waals surface area contributed by atoms with Crippen molar-refractivity contribution < 1.29 is 9.21 Å². The molecule has 2 unspecified atom stereocenters. The Morgan fingerprint density at radius 3 is 2.73 bits per heavy atom. The molecule has 1 amide bonds. The van der Waals surface area contributed by atoms with Crippen molar-refractivity contribution in [1.82, 2.24) is 15.6 Å². The van der Waals surface area contributed by atoms with Crippen LogP contribution in [0, 0.1) is 12.8 Å². The lowest BCUT2D eigenvalue weighted by Gasteiger charge is -2.30. The maximum Gasteiger partial charge on any atom is 0.220 e. The van der Waals surface area contributed by atoms with Gasteiger partial charge in [-0.1, -0.05) is 37.3 Å². The second-order valence-corrected chi connectivity index (χ2v) is 6.53. The van der Waals surface area contributed by atoms with Crippen molar-refractivity contribution in [3.05, 3.63) is 41.9 Å². The predicted octanol–water partition coefficient (Wildman–Crippen LogP) is 3.54. The number of carbonyl (C=O) groups excluding carboxylic acids is 1. The number of nitrogens with one attached hydrogen (secondary N) is 2. The molecule has 2 N–H and O–H groups in total. The van der Waals surface area contributed by atoms with E-state index in [1.807, 2.05) is 37.3 Å². The van der Waals surface area contributed by atoms with Crippen molar-refractivity contribution in [3.8, 4) is 11.3 Å². The Morgan fingerprint density at radius 1 is 1.31 bits per heavy atom. The summed E-state index contributed by atoms with van der Waals surface area (Å²) >= 11 is 0. The highest BCUT2D eigenvalue weighted by molar-refractivity contribution is 5.85. The van der Waals surface area contributed by atoms with Gasteiger partial charge in [0.15, 0.2) is 11.7 Å². The quantitative estimate of drug-likeness (QED) is 0.806. The van der Waals surface area contributed by atoms with Crippen molar-refractivity contribution in [2.75, 3.05) is 13.1 Å². The molecule has 1 aliphatic rings. The summed E-state index contributed by atoms with van der Waals surface area (Å²) in [5, 5.41) is 6.49. The van der Waals surface area contributed by atoms with Crippen LogP contribution in [0.15, 0.2) is 34.7 Å². The normalized spacial score (nSPS) is 19.2. The van der Waals surface area contributed by atoms with Crippen molar-refractivity contribution >= 4 is 30.7 Å². The molecule has 3 rings (SSSR count). The second-order valence-electron chi connectivity index (χ2n) is 6.53. The van der Waals surface area contributed by atoms with Crippen LogP contribution in [-0.4, -0.2) is 30.0 Å². The van der Waals surface area contributed by atoms with Crippen LogP contribution in [0.1, 0.15) is 31.4 Å². The Hall–Kier alpha value is -1.56. The summed E-state index contributed by atoms with van der Waals surface area (Å²) in [6.07, 6.45) is 1.92. The zero-order valence-electron chi connectivity index (χ0n) is 15.2. The molecule has 2 heterocycles. The lowest BCUT2D eigenvalue weighted by molar-refractivity contribution is -0.122. The largest absolute Gasteiger partial charge is 0.440 e. The van der Waals surface area contributed by atoms with E-state index in [-0.39, 0.29) is 36.8 Å². The molecule has 1 saturated heterocycles. The van der Waals surface area contributed by atoms with Gasteiger partial charge in [0.2, 0.25) is 5.91 Å². The van der Waals surface area contributed by atoms with Crippen LogP contribution < -0.4 is 10.6 Å². The van der Waals surface area contributed by atoms with Gasteiger partial charge in [-0.05, 0) is 32.4 Å². The topological polar surface area (TPSA) is 67.2 Å². The van der Waals surface area contributed by atoms with Gasteiger partial charge in [0.1, 0.15) is 0 Å². The van der Waals surface area contributed by atoms with E-state index in [4.69, 9.17) is 4.42 Å². The van der Waals surface area contributed by atoms with Gasteiger partial charge in [0, 0.05) is 24.4 Å². The van der Waals surface area contributed by atoms with Gasteiger partial charge in [-0.25, -0.2) is 4.98 Å². The maximum atomic E-state index is 12.2. The molecule has 7 heteroatoms. The molecular formula is C19H27Cl2N3O2. The Bertz CT molecular complexity index is 691. The van der Waals surface area contributed by atoms with Gasteiger partial charge in [0.25, 0.3) is 0 Å². The monoisotopic (exact) mass is 399 g/mol. The Labute approximate surface area is 167 Å². The summed E-state index contributed by atoms with van der Waals surface area (Å²) in [6.45, 7) is 6.03. The summed E-state index contributed by atoms with van der Waals surface area (Å²) < 4.78 is 5.86. The molecular weight excluding hydrogens is 373 g/mol. The average Bonchev–Trinajstić information content (AvgIpc) is 2.97. The zero-order chi connectivity index (χ0) is 16.9. The van der Waals surface area contributed by atoms with Crippen molar-refractivity contribution in [1.29, 1.82) is 0 Å². The number of rotatable bonds is 5. The molecule has 26 heavy (non-hydrogen) atoms. The minimum Gasteiger partial charge on any atom is -0.440 e. The lowest BCUT2D eigenvalue weighted by atomic mass is 9.95. The van der Waals surface area contributed by atoms with Gasteiger partial charge in [0.05, 0.1) is 5.69 Å². The van der Waals surface area contributed by atoms with E-state index < -0.39 is 0 Å². The first-order valence-electron chi connectivity index (χ1n) is 8.65. The molecule has 1 fully saturated rings.